The van der Waals surface area contributed by atoms with Crippen molar-refractivity contribution >= 4 is 29.2 Å². The molecule has 35 heavy (non-hydrogen) atoms. The first kappa shape index (κ1) is 27.9. The van der Waals surface area contributed by atoms with Gasteiger partial charge in [0.25, 0.3) is 0 Å². The Morgan fingerprint density at radius 2 is 1.91 bits per heavy atom. The Morgan fingerprint density at radius 3 is 2.54 bits per heavy atom. The van der Waals surface area contributed by atoms with E-state index in [1.165, 1.54) is 11.3 Å². The second-order valence-corrected chi connectivity index (χ2v) is 11.9. The van der Waals surface area contributed by atoms with Crippen molar-refractivity contribution in [1.29, 1.82) is 0 Å². The van der Waals surface area contributed by atoms with Crippen LogP contribution in [0.25, 0.3) is 6.08 Å². The number of Topliss-reactive ketones (excluding diaryl/α,β-unsaturated/α-hetero) is 1. The quantitative estimate of drug-likeness (QED) is 0.456. The highest BCUT2D eigenvalue weighted by atomic mass is 32.1. The van der Waals surface area contributed by atoms with Gasteiger partial charge in [0.2, 0.25) is 5.79 Å². The highest BCUT2D eigenvalue weighted by Crippen LogP contribution is 2.52. The molecular weight excluding hydrogens is 470 g/mol. The van der Waals surface area contributed by atoms with Crippen molar-refractivity contribution in [3.63, 3.8) is 0 Å². The third-order valence-electron chi connectivity index (χ3n) is 7.24. The van der Waals surface area contributed by atoms with Gasteiger partial charge in [-0.05, 0) is 52.2 Å². The van der Waals surface area contributed by atoms with Crippen molar-refractivity contribution in [3.8, 4) is 0 Å². The second-order valence-electron chi connectivity index (χ2n) is 10.9. The summed E-state index contributed by atoms with van der Waals surface area (Å²) in [7, 11) is 0. The zero-order chi connectivity index (χ0) is 26.2. The predicted molar refractivity (Wildman–Crippen MR) is 133 cm³/mol. The molecule has 2 N–H and O–H groups in total. The van der Waals surface area contributed by atoms with Gasteiger partial charge in [-0.25, -0.2) is 4.98 Å². The Kier molecular flexibility index (Phi) is 8.28. The number of ether oxygens (including phenoxy) is 3. The van der Waals surface area contributed by atoms with E-state index in [1.807, 2.05) is 40.0 Å². The minimum absolute atomic E-state index is 0.000373. The molecule has 3 rings (SSSR count). The number of carbonyl (C=O) groups excluding carboxylic acids is 2. The molecule has 3 heterocycles. The van der Waals surface area contributed by atoms with E-state index in [0.717, 1.165) is 5.01 Å². The highest BCUT2D eigenvalue weighted by molar-refractivity contribution is 7.09. The Hall–Kier alpha value is -1.65. The lowest BCUT2D eigenvalue weighted by atomic mass is 9.77. The summed E-state index contributed by atoms with van der Waals surface area (Å²) in [5.74, 6) is -2.60. The molecule has 0 aliphatic carbocycles. The average molecular weight is 510 g/mol. The van der Waals surface area contributed by atoms with E-state index >= 15 is 0 Å². The number of hydrogen-bond donors (Lipinski definition) is 2. The summed E-state index contributed by atoms with van der Waals surface area (Å²) in [6.45, 7) is 13.1. The van der Waals surface area contributed by atoms with Gasteiger partial charge in [0.15, 0.2) is 12.2 Å². The number of aryl methyl sites for hydroxylation is 1. The number of aromatic nitrogens is 1. The molecule has 0 aromatic carbocycles. The molecule has 6 atom stereocenters. The van der Waals surface area contributed by atoms with Crippen LogP contribution in [0.5, 0.6) is 0 Å². The number of hydrogen-bond acceptors (Lipinski definition) is 9. The molecule has 1 aromatic heterocycles. The van der Waals surface area contributed by atoms with Gasteiger partial charge in [-0.2, -0.15) is 0 Å². The number of aliphatic hydroxyl groups is 2. The normalized spacial score (nSPS) is 37.5. The van der Waals surface area contributed by atoms with Crippen LogP contribution in [0.2, 0.25) is 0 Å². The van der Waals surface area contributed by atoms with E-state index in [0.29, 0.717) is 30.5 Å². The maximum Gasteiger partial charge on any atom is 0.306 e. The van der Waals surface area contributed by atoms with Crippen molar-refractivity contribution in [1.82, 2.24) is 4.98 Å². The molecule has 2 saturated heterocycles. The van der Waals surface area contributed by atoms with Crippen LogP contribution < -0.4 is 0 Å². The topological polar surface area (TPSA) is 118 Å². The monoisotopic (exact) mass is 509 g/mol. The van der Waals surface area contributed by atoms with E-state index in [-0.39, 0.29) is 30.8 Å². The summed E-state index contributed by atoms with van der Waals surface area (Å²) >= 11 is 1.48. The number of thiazole rings is 1. The summed E-state index contributed by atoms with van der Waals surface area (Å²) in [6, 6.07) is 0. The smallest absolute Gasteiger partial charge is 0.306 e. The van der Waals surface area contributed by atoms with E-state index in [4.69, 9.17) is 14.2 Å². The lowest BCUT2D eigenvalue weighted by Gasteiger charge is -2.30. The van der Waals surface area contributed by atoms with Crippen molar-refractivity contribution < 1.29 is 34.0 Å². The number of nitrogens with zero attached hydrogens (tertiary/aromatic N) is 1. The lowest BCUT2D eigenvalue weighted by Crippen LogP contribution is -2.47. The Labute approximate surface area is 211 Å². The van der Waals surface area contributed by atoms with Gasteiger partial charge in [0.1, 0.15) is 11.4 Å². The van der Waals surface area contributed by atoms with Crippen LogP contribution in [-0.2, 0) is 23.8 Å². The Balaban J connectivity index is 1.90. The SMILES string of the molecule is CC(=Cc1csc(C)n1)C1OC(=O)CCC(C)(C)C(=O)C(C)CC(C)OCCC2(C)OC2(O)C1O. The third-order valence-corrected chi connectivity index (χ3v) is 8.03. The third kappa shape index (κ3) is 6.20. The molecule has 196 valence electrons. The van der Waals surface area contributed by atoms with Crippen LogP contribution in [0, 0.1) is 18.3 Å². The molecule has 0 saturated carbocycles. The van der Waals surface area contributed by atoms with Crippen LogP contribution in [0.15, 0.2) is 11.0 Å². The van der Waals surface area contributed by atoms with Gasteiger partial charge in [-0.3, -0.25) is 9.59 Å². The van der Waals surface area contributed by atoms with Crippen molar-refractivity contribution in [2.24, 2.45) is 11.3 Å². The van der Waals surface area contributed by atoms with Gasteiger partial charge in [-0.15, -0.1) is 11.3 Å². The fourth-order valence-electron chi connectivity index (χ4n) is 4.83. The highest BCUT2D eigenvalue weighted by Gasteiger charge is 2.72. The molecular formula is C26H39NO7S. The molecule has 8 nitrogen and oxygen atoms in total. The molecule has 6 unspecified atom stereocenters. The summed E-state index contributed by atoms with van der Waals surface area (Å²) in [6.07, 6.45) is 0.0790. The van der Waals surface area contributed by atoms with Gasteiger partial charge in [-0.1, -0.05) is 20.8 Å². The molecule has 9 heteroatoms. The number of carbonyl (C=O) groups is 2. The van der Waals surface area contributed by atoms with Gasteiger partial charge in [0, 0.05) is 36.2 Å². The van der Waals surface area contributed by atoms with Gasteiger partial charge in [0.05, 0.1) is 16.8 Å². The van der Waals surface area contributed by atoms with E-state index in [1.54, 1.807) is 19.9 Å². The Morgan fingerprint density at radius 1 is 1.23 bits per heavy atom. The molecule has 2 aliphatic heterocycles. The molecule has 0 radical (unpaired) electrons. The standard InChI is InChI=1S/C26H39NO7S/c1-15(13-19-14-35-18(4)27-19)21-23(30)26(31)25(7,34-26)10-11-32-17(3)12-16(2)22(29)24(5,6)9-8-20(28)33-21/h13-14,16-17,21,23,30-31H,8-12H2,1-7H3. The summed E-state index contributed by atoms with van der Waals surface area (Å²) in [4.78, 5) is 30.4. The zero-order valence-electron chi connectivity index (χ0n) is 21.8. The van der Waals surface area contributed by atoms with E-state index in [2.05, 4.69) is 4.98 Å². The molecule has 0 spiro atoms. The second kappa shape index (κ2) is 10.4. The summed E-state index contributed by atoms with van der Waals surface area (Å²) < 4.78 is 17.3. The fraction of sp³-hybridized carbons (Fsp3) is 0.731. The number of ketones is 1. The summed E-state index contributed by atoms with van der Waals surface area (Å²) in [5.41, 5.74) is -0.579. The predicted octanol–water partition coefficient (Wildman–Crippen LogP) is 3.82. The number of esters is 1. The van der Waals surface area contributed by atoms with Crippen LogP contribution in [0.3, 0.4) is 0 Å². The number of fused-ring (bicyclic) bond motifs is 1. The average Bonchev–Trinajstić information content (AvgIpc) is 3.09. The molecule has 0 amide bonds. The van der Waals surface area contributed by atoms with Crippen molar-refractivity contribution in [2.45, 2.75) is 104 Å². The van der Waals surface area contributed by atoms with Crippen molar-refractivity contribution in [3.05, 3.63) is 21.7 Å². The lowest BCUT2D eigenvalue weighted by molar-refractivity contribution is -0.165. The first-order chi connectivity index (χ1) is 16.2. The maximum absolute atomic E-state index is 13.1. The fourth-order valence-corrected chi connectivity index (χ4v) is 5.40. The molecule has 1 aromatic rings. The number of aliphatic hydroxyl groups excluding tert-OH is 1. The first-order valence-corrected chi connectivity index (χ1v) is 13.1. The molecule has 2 fully saturated rings. The largest absolute Gasteiger partial charge is 0.455 e. The molecule has 2 aliphatic rings. The minimum Gasteiger partial charge on any atom is -0.455 e. The number of rotatable bonds is 2. The minimum atomic E-state index is -1.89. The van der Waals surface area contributed by atoms with Crippen LogP contribution >= 0.6 is 11.3 Å². The van der Waals surface area contributed by atoms with Gasteiger partial charge < -0.3 is 24.4 Å². The van der Waals surface area contributed by atoms with Crippen LogP contribution in [0.1, 0.15) is 77.9 Å². The van der Waals surface area contributed by atoms with E-state index < -0.39 is 35.0 Å². The Bertz CT molecular complexity index is 973. The van der Waals surface area contributed by atoms with Gasteiger partial charge >= 0.3 is 5.97 Å². The number of epoxide rings is 1. The first-order valence-electron chi connectivity index (χ1n) is 12.2. The summed E-state index contributed by atoms with van der Waals surface area (Å²) in [5, 5.41) is 25.1. The van der Waals surface area contributed by atoms with Crippen LogP contribution in [-0.4, -0.2) is 63.3 Å². The van der Waals surface area contributed by atoms with Crippen LogP contribution in [0.4, 0.5) is 0 Å². The molecule has 0 bridgehead atoms. The zero-order valence-corrected chi connectivity index (χ0v) is 22.6. The van der Waals surface area contributed by atoms with Crippen molar-refractivity contribution in [2.75, 3.05) is 6.61 Å². The number of cyclic esters (lactones) is 1. The maximum atomic E-state index is 13.1. The van der Waals surface area contributed by atoms with E-state index in [9.17, 15) is 19.8 Å².